The molecule has 0 saturated heterocycles. The highest BCUT2D eigenvalue weighted by Gasteiger charge is 2.20. The Labute approximate surface area is 304 Å². The van der Waals surface area contributed by atoms with Gasteiger partial charge in [0.15, 0.2) is 0 Å². The average molecular weight is 687 g/mol. The van der Waals surface area contributed by atoms with Gasteiger partial charge in [0.05, 0.1) is 15.9 Å². The fraction of sp³-hybridized carbons (Fsp3) is 0. The molecule has 0 N–H and O–H groups in total. The standard InChI is InChI=1S/C47H30N2S2/c1-3-12-32(13-4-1)39-19-9-10-21-42(39)49(35-24-22-33(23-25-35)38-20-11-17-31-14-7-8-18-37(31)38)36-26-27-40-44(30-36)50-43-29-28-41-46(45(40)43)51-47(48-41)34-15-5-2-6-16-34/h1-30H. The van der Waals surface area contributed by atoms with Gasteiger partial charge in [0.2, 0.25) is 0 Å². The molecule has 0 fully saturated rings. The van der Waals surface area contributed by atoms with Crippen molar-refractivity contribution in [3.8, 4) is 32.8 Å². The van der Waals surface area contributed by atoms with Crippen molar-refractivity contribution in [2.75, 3.05) is 4.90 Å². The molecule has 2 nitrogen and oxygen atoms in total. The number of thiophene rings is 1. The topological polar surface area (TPSA) is 16.1 Å². The van der Waals surface area contributed by atoms with E-state index in [0.29, 0.717) is 0 Å². The van der Waals surface area contributed by atoms with Crippen molar-refractivity contribution in [3.63, 3.8) is 0 Å². The Kier molecular flexibility index (Phi) is 7.23. The third kappa shape index (κ3) is 5.20. The van der Waals surface area contributed by atoms with E-state index >= 15 is 0 Å². The predicted molar refractivity (Wildman–Crippen MR) is 221 cm³/mol. The van der Waals surface area contributed by atoms with Crippen molar-refractivity contribution < 1.29 is 0 Å². The lowest BCUT2D eigenvalue weighted by molar-refractivity contribution is 1.29. The SMILES string of the molecule is c1ccc(-c2nc3ccc4sc5cc(N(c6ccc(-c7cccc8ccccc78)cc6)c6ccccc6-c6ccccc6)ccc5c4c3s2)cc1. The number of hydrogen-bond acceptors (Lipinski definition) is 4. The Bertz CT molecular complexity index is 2850. The smallest absolute Gasteiger partial charge is 0.124 e. The fourth-order valence-electron chi connectivity index (χ4n) is 7.30. The predicted octanol–water partition coefficient (Wildman–Crippen LogP) is 14.3. The minimum absolute atomic E-state index is 1.06. The minimum atomic E-state index is 1.06. The molecule has 10 rings (SSSR count). The van der Waals surface area contributed by atoms with Crippen LogP contribution in [-0.2, 0) is 0 Å². The summed E-state index contributed by atoms with van der Waals surface area (Å²) in [5.41, 5.74) is 10.4. The second-order valence-electron chi connectivity index (χ2n) is 12.7. The maximum atomic E-state index is 5.04. The number of anilines is 3. The van der Waals surface area contributed by atoms with Crippen LogP contribution in [0.25, 0.3) is 74.0 Å². The van der Waals surface area contributed by atoms with Crippen molar-refractivity contribution in [2.45, 2.75) is 0 Å². The Morgan fingerprint density at radius 1 is 0.431 bits per heavy atom. The second kappa shape index (κ2) is 12.4. The Balaban J connectivity index is 1.14. The summed E-state index contributed by atoms with van der Waals surface area (Å²) in [7, 11) is 0. The highest BCUT2D eigenvalue weighted by Crippen LogP contribution is 2.46. The summed E-state index contributed by atoms with van der Waals surface area (Å²) in [6.45, 7) is 0. The zero-order valence-electron chi connectivity index (χ0n) is 27.5. The van der Waals surface area contributed by atoms with Gasteiger partial charge in [0.25, 0.3) is 0 Å². The van der Waals surface area contributed by atoms with Crippen molar-refractivity contribution in [1.29, 1.82) is 0 Å². The van der Waals surface area contributed by atoms with E-state index in [1.807, 2.05) is 11.3 Å². The van der Waals surface area contributed by atoms with Gasteiger partial charge in [-0.15, -0.1) is 22.7 Å². The summed E-state index contributed by atoms with van der Waals surface area (Å²) < 4.78 is 3.80. The van der Waals surface area contributed by atoms with Gasteiger partial charge in [-0.1, -0.05) is 140 Å². The van der Waals surface area contributed by atoms with Gasteiger partial charge in [-0.2, -0.15) is 0 Å². The third-order valence-corrected chi connectivity index (χ3v) is 12.0. The highest BCUT2D eigenvalue weighted by atomic mass is 32.1. The summed E-state index contributed by atoms with van der Waals surface area (Å²) >= 11 is 3.65. The molecule has 0 bridgehead atoms. The molecule has 240 valence electrons. The van der Waals surface area contributed by atoms with Gasteiger partial charge in [-0.25, -0.2) is 4.98 Å². The number of fused-ring (bicyclic) bond motifs is 6. The Morgan fingerprint density at radius 2 is 1.10 bits per heavy atom. The number of thiazole rings is 1. The summed E-state index contributed by atoms with van der Waals surface area (Å²) in [4.78, 5) is 7.46. The van der Waals surface area contributed by atoms with Gasteiger partial charge in [-0.05, 0) is 69.9 Å². The molecule has 2 heterocycles. The Morgan fingerprint density at radius 3 is 1.94 bits per heavy atom. The lowest BCUT2D eigenvalue weighted by Gasteiger charge is -2.28. The lowest BCUT2D eigenvalue weighted by atomic mass is 9.97. The first-order valence-corrected chi connectivity index (χ1v) is 18.8. The van der Waals surface area contributed by atoms with Crippen LogP contribution in [0.5, 0.6) is 0 Å². The molecule has 2 aromatic heterocycles. The molecule has 0 amide bonds. The molecule has 10 aromatic rings. The van der Waals surface area contributed by atoms with E-state index in [2.05, 4.69) is 187 Å². The van der Waals surface area contributed by atoms with Crippen LogP contribution in [-0.4, -0.2) is 4.98 Å². The molecule has 0 atom stereocenters. The van der Waals surface area contributed by atoms with Crippen molar-refractivity contribution in [1.82, 2.24) is 4.98 Å². The number of aromatic nitrogens is 1. The van der Waals surface area contributed by atoms with Gasteiger partial charge in [-0.3, -0.25) is 0 Å². The second-order valence-corrected chi connectivity index (χ2v) is 14.8. The van der Waals surface area contributed by atoms with Crippen molar-refractivity contribution >= 4 is 80.9 Å². The average Bonchev–Trinajstić information content (AvgIpc) is 3.81. The van der Waals surface area contributed by atoms with Crippen molar-refractivity contribution in [2.24, 2.45) is 0 Å². The normalized spacial score (nSPS) is 11.5. The number of para-hydroxylation sites is 1. The molecule has 8 aromatic carbocycles. The molecule has 0 saturated carbocycles. The molecule has 0 aliphatic rings. The number of rotatable bonds is 6. The highest BCUT2D eigenvalue weighted by molar-refractivity contribution is 7.28. The van der Waals surface area contributed by atoms with Gasteiger partial charge in [0, 0.05) is 42.7 Å². The largest absolute Gasteiger partial charge is 0.310 e. The van der Waals surface area contributed by atoms with E-state index in [0.717, 1.165) is 33.1 Å². The quantitative estimate of drug-likeness (QED) is 0.173. The summed E-state index contributed by atoms with van der Waals surface area (Å²) in [5, 5.41) is 6.15. The zero-order valence-corrected chi connectivity index (χ0v) is 29.2. The van der Waals surface area contributed by atoms with Gasteiger partial charge in [0.1, 0.15) is 5.01 Å². The van der Waals surface area contributed by atoms with Crippen LogP contribution >= 0.6 is 22.7 Å². The minimum Gasteiger partial charge on any atom is -0.310 e. The summed E-state index contributed by atoms with van der Waals surface area (Å²) in [6.07, 6.45) is 0. The fourth-order valence-corrected chi connectivity index (χ4v) is 9.65. The molecule has 0 radical (unpaired) electrons. The molecule has 0 aliphatic heterocycles. The monoisotopic (exact) mass is 686 g/mol. The van der Waals surface area contributed by atoms with Crippen LogP contribution in [0.15, 0.2) is 182 Å². The van der Waals surface area contributed by atoms with Crippen LogP contribution in [0.3, 0.4) is 0 Å². The number of hydrogen-bond donors (Lipinski definition) is 0. The van der Waals surface area contributed by atoms with Crippen LogP contribution in [0.2, 0.25) is 0 Å². The number of benzene rings is 8. The molecular weight excluding hydrogens is 657 g/mol. The van der Waals surface area contributed by atoms with E-state index in [9.17, 15) is 0 Å². The van der Waals surface area contributed by atoms with Crippen LogP contribution in [0, 0.1) is 0 Å². The maximum Gasteiger partial charge on any atom is 0.124 e. The van der Waals surface area contributed by atoms with Gasteiger partial charge < -0.3 is 4.90 Å². The first-order chi connectivity index (χ1) is 25.3. The van der Waals surface area contributed by atoms with Crippen LogP contribution in [0.4, 0.5) is 17.1 Å². The van der Waals surface area contributed by atoms with Crippen LogP contribution < -0.4 is 4.90 Å². The summed E-state index contributed by atoms with van der Waals surface area (Å²) in [5.74, 6) is 0. The van der Waals surface area contributed by atoms with E-state index in [4.69, 9.17) is 4.98 Å². The van der Waals surface area contributed by atoms with E-state index < -0.39 is 0 Å². The molecule has 0 spiro atoms. The molecular formula is C47H30N2S2. The van der Waals surface area contributed by atoms with Crippen molar-refractivity contribution in [3.05, 3.63) is 182 Å². The molecule has 0 aliphatic carbocycles. The number of nitrogens with zero attached hydrogens (tertiary/aromatic N) is 2. The first kappa shape index (κ1) is 29.8. The maximum absolute atomic E-state index is 5.04. The Hall–Kier alpha value is -6.07. The first-order valence-electron chi connectivity index (χ1n) is 17.1. The van der Waals surface area contributed by atoms with Gasteiger partial charge >= 0.3 is 0 Å². The third-order valence-electron chi connectivity index (χ3n) is 9.71. The molecule has 4 heteroatoms. The molecule has 51 heavy (non-hydrogen) atoms. The van der Waals surface area contributed by atoms with E-state index in [-0.39, 0.29) is 0 Å². The zero-order chi connectivity index (χ0) is 33.7. The summed E-state index contributed by atoms with van der Waals surface area (Å²) in [6, 6.07) is 65.5. The van der Waals surface area contributed by atoms with Crippen LogP contribution in [0.1, 0.15) is 0 Å². The van der Waals surface area contributed by atoms with E-state index in [1.165, 1.54) is 57.9 Å². The molecule has 0 unspecified atom stereocenters. The lowest BCUT2D eigenvalue weighted by Crippen LogP contribution is -2.11. The van der Waals surface area contributed by atoms with E-state index in [1.54, 1.807) is 11.3 Å².